The third-order valence-corrected chi connectivity index (χ3v) is 5.73. The topological polar surface area (TPSA) is 140 Å². The molecule has 2 heterocycles. The van der Waals surface area contributed by atoms with Gasteiger partial charge in [0.1, 0.15) is 11.9 Å². The van der Waals surface area contributed by atoms with Gasteiger partial charge in [-0.05, 0) is 24.6 Å². The largest absolute Gasteiger partial charge is 0.465 e. The number of anilines is 2. The molecular formula is C19H24FN3O7. The summed E-state index contributed by atoms with van der Waals surface area (Å²) in [6, 6.07) is 2.65. The van der Waals surface area contributed by atoms with Crippen LogP contribution in [0.25, 0.3) is 0 Å². The zero-order valence-electron chi connectivity index (χ0n) is 16.4. The molecule has 0 bridgehead atoms. The van der Waals surface area contributed by atoms with Gasteiger partial charge in [-0.15, -0.1) is 0 Å². The molecule has 30 heavy (non-hydrogen) atoms. The van der Waals surface area contributed by atoms with Gasteiger partial charge < -0.3 is 30.3 Å². The van der Waals surface area contributed by atoms with Crippen molar-refractivity contribution in [2.75, 3.05) is 37.1 Å². The van der Waals surface area contributed by atoms with Crippen LogP contribution < -0.4 is 10.2 Å². The first kappa shape index (κ1) is 21.9. The van der Waals surface area contributed by atoms with Gasteiger partial charge in [-0.25, -0.2) is 9.18 Å². The van der Waals surface area contributed by atoms with Gasteiger partial charge in [-0.1, -0.05) is 0 Å². The fourth-order valence-electron chi connectivity index (χ4n) is 3.98. The molecule has 2 fully saturated rings. The lowest BCUT2D eigenvalue weighted by molar-refractivity contribution is -0.120. The summed E-state index contributed by atoms with van der Waals surface area (Å²) < 4.78 is 19.8. The molecule has 4 N–H and O–H groups in total. The van der Waals surface area contributed by atoms with Crippen LogP contribution in [0.2, 0.25) is 0 Å². The van der Waals surface area contributed by atoms with E-state index in [1.807, 2.05) is 0 Å². The quantitative estimate of drug-likeness (QED) is 0.517. The Morgan fingerprint density at radius 2 is 2.03 bits per heavy atom. The number of carbonyl (C=O) groups excluding carboxylic acids is 2. The predicted molar refractivity (Wildman–Crippen MR) is 103 cm³/mol. The molecule has 0 radical (unpaired) electrons. The Labute approximate surface area is 171 Å². The number of nitrogens with zero attached hydrogens (tertiary/aromatic N) is 2. The summed E-state index contributed by atoms with van der Waals surface area (Å²) in [5.74, 6) is -1.89. The van der Waals surface area contributed by atoms with E-state index in [9.17, 15) is 34.1 Å². The second-order valence-electron chi connectivity index (χ2n) is 7.47. The Hall–Kier alpha value is -2.76. The molecule has 3 amide bonds. The van der Waals surface area contributed by atoms with Crippen molar-refractivity contribution in [1.29, 1.82) is 0 Å². The average Bonchev–Trinajstić information content (AvgIpc) is 3.31. The Morgan fingerprint density at radius 1 is 1.33 bits per heavy atom. The fourth-order valence-corrected chi connectivity index (χ4v) is 3.98. The Morgan fingerprint density at radius 3 is 2.60 bits per heavy atom. The number of halogens is 1. The van der Waals surface area contributed by atoms with Crippen LogP contribution in [-0.4, -0.2) is 82.7 Å². The SMILES string of the molecule is COC1CC(C(=O)Nc2ccc(N3C(=O)CCC3(CO)CO)cc2F)N(C(=O)O)C1. The number of benzene rings is 1. The summed E-state index contributed by atoms with van der Waals surface area (Å²) in [5, 5.41) is 31.0. The van der Waals surface area contributed by atoms with Crippen molar-refractivity contribution < 1.29 is 38.8 Å². The molecule has 0 saturated carbocycles. The van der Waals surface area contributed by atoms with Gasteiger partial charge in [0.15, 0.2) is 0 Å². The lowest BCUT2D eigenvalue weighted by Crippen LogP contribution is -2.52. The highest BCUT2D eigenvalue weighted by Gasteiger charge is 2.46. The number of methoxy groups -OCH3 is 1. The van der Waals surface area contributed by atoms with Gasteiger partial charge >= 0.3 is 6.09 Å². The van der Waals surface area contributed by atoms with Crippen molar-refractivity contribution in [1.82, 2.24) is 4.90 Å². The van der Waals surface area contributed by atoms with Crippen LogP contribution in [0.3, 0.4) is 0 Å². The van der Waals surface area contributed by atoms with Crippen LogP contribution in [0.5, 0.6) is 0 Å². The van der Waals surface area contributed by atoms with Crippen LogP contribution >= 0.6 is 0 Å². The van der Waals surface area contributed by atoms with Gasteiger partial charge in [-0.3, -0.25) is 14.5 Å². The first-order chi connectivity index (χ1) is 14.3. The molecular weight excluding hydrogens is 401 g/mol. The van der Waals surface area contributed by atoms with Crippen LogP contribution in [-0.2, 0) is 14.3 Å². The second-order valence-corrected chi connectivity index (χ2v) is 7.47. The number of amides is 3. The normalized spacial score (nSPS) is 23.1. The Bertz CT molecular complexity index is 845. The maximum atomic E-state index is 14.7. The number of likely N-dealkylation sites (tertiary alicyclic amines) is 1. The summed E-state index contributed by atoms with van der Waals surface area (Å²) in [7, 11) is 1.42. The molecule has 1 aromatic rings. The minimum Gasteiger partial charge on any atom is -0.465 e. The molecule has 11 heteroatoms. The van der Waals surface area contributed by atoms with E-state index < -0.39 is 48.7 Å². The number of aliphatic hydroxyl groups excluding tert-OH is 2. The van der Waals surface area contributed by atoms with E-state index in [2.05, 4.69) is 5.32 Å². The smallest absolute Gasteiger partial charge is 0.408 e. The third kappa shape index (κ3) is 3.83. The highest BCUT2D eigenvalue weighted by Crippen LogP contribution is 2.36. The predicted octanol–water partition coefficient (Wildman–Crippen LogP) is 0.382. The van der Waals surface area contributed by atoms with Gasteiger partial charge in [0.2, 0.25) is 11.8 Å². The van der Waals surface area contributed by atoms with Gasteiger partial charge in [0.25, 0.3) is 0 Å². The summed E-state index contributed by atoms with van der Waals surface area (Å²) in [6.07, 6.45) is -1.23. The first-order valence-corrected chi connectivity index (χ1v) is 9.44. The summed E-state index contributed by atoms with van der Waals surface area (Å²) in [5.41, 5.74) is -1.25. The van der Waals surface area contributed by atoms with Crippen LogP contribution in [0, 0.1) is 5.82 Å². The van der Waals surface area contributed by atoms with Crippen molar-refractivity contribution in [2.45, 2.75) is 36.9 Å². The van der Waals surface area contributed by atoms with E-state index in [4.69, 9.17) is 4.74 Å². The van der Waals surface area contributed by atoms with Gasteiger partial charge in [0, 0.05) is 25.6 Å². The minimum absolute atomic E-state index is 0.0345. The van der Waals surface area contributed by atoms with E-state index >= 15 is 0 Å². The van der Waals surface area contributed by atoms with E-state index in [1.54, 1.807) is 0 Å². The highest BCUT2D eigenvalue weighted by atomic mass is 19.1. The molecule has 10 nitrogen and oxygen atoms in total. The maximum absolute atomic E-state index is 14.7. The van der Waals surface area contributed by atoms with Crippen molar-refractivity contribution in [3.8, 4) is 0 Å². The molecule has 0 spiro atoms. The van der Waals surface area contributed by atoms with E-state index in [-0.39, 0.29) is 43.1 Å². The van der Waals surface area contributed by atoms with E-state index in [1.165, 1.54) is 24.1 Å². The van der Waals surface area contributed by atoms with Crippen LogP contribution in [0.1, 0.15) is 19.3 Å². The number of nitrogens with one attached hydrogen (secondary N) is 1. The van der Waals surface area contributed by atoms with Crippen LogP contribution in [0.4, 0.5) is 20.6 Å². The van der Waals surface area contributed by atoms with E-state index in [0.29, 0.717) is 0 Å². The standard InChI is InChI=1S/C19H24FN3O7/c1-30-12-7-15(22(8-12)18(28)29)17(27)21-14-3-2-11(6-13(14)20)23-16(26)4-5-19(23,9-24)10-25/h2-3,6,12,15,24-25H,4-5,7-10H2,1H3,(H,21,27)(H,28,29). The lowest BCUT2D eigenvalue weighted by Gasteiger charge is -2.35. The Balaban J connectivity index is 1.80. The molecule has 0 aliphatic carbocycles. The number of hydrogen-bond acceptors (Lipinski definition) is 6. The lowest BCUT2D eigenvalue weighted by atomic mass is 9.98. The summed E-state index contributed by atoms with van der Waals surface area (Å²) >= 11 is 0. The number of hydrogen-bond donors (Lipinski definition) is 4. The monoisotopic (exact) mass is 425 g/mol. The molecule has 2 atom stereocenters. The van der Waals surface area contributed by atoms with Gasteiger partial charge in [-0.2, -0.15) is 0 Å². The van der Waals surface area contributed by atoms with E-state index in [0.717, 1.165) is 11.0 Å². The summed E-state index contributed by atoms with van der Waals surface area (Å²) in [4.78, 5) is 38.3. The second kappa shape index (κ2) is 8.54. The molecule has 2 aliphatic rings. The number of carboxylic acid groups (broad SMARTS) is 1. The van der Waals surface area contributed by atoms with Crippen molar-refractivity contribution in [3.63, 3.8) is 0 Å². The highest BCUT2D eigenvalue weighted by molar-refractivity contribution is 5.99. The molecule has 3 rings (SSSR count). The fraction of sp³-hybridized carbons (Fsp3) is 0.526. The van der Waals surface area contributed by atoms with Crippen molar-refractivity contribution in [3.05, 3.63) is 24.0 Å². The maximum Gasteiger partial charge on any atom is 0.408 e. The van der Waals surface area contributed by atoms with Crippen molar-refractivity contribution in [2.24, 2.45) is 0 Å². The number of carbonyl (C=O) groups is 3. The zero-order valence-corrected chi connectivity index (χ0v) is 16.4. The molecule has 0 aromatic heterocycles. The van der Waals surface area contributed by atoms with Gasteiger partial charge in [0.05, 0.1) is 37.1 Å². The minimum atomic E-state index is -1.28. The average molecular weight is 425 g/mol. The number of ether oxygens (including phenoxy) is 1. The molecule has 1 aromatic carbocycles. The zero-order chi connectivity index (χ0) is 22.1. The molecule has 2 aliphatic heterocycles. The number of rotatable bonds is 6. The Kier molecular flexibility index (Phi) is 6.25. The molecule has 164 valence electrons. The number of aliphatic hydroxyl groups is 2. The van der Waals surface area contributed by atoms with Crippen LogP contribution in [0.15, 0.2) is 18.2 Å². The molecule has 2 saturated heterocycles. The molecule has 2 unspecified atom stereocenters. The third-order valence-electron chi connectivity index (χ3n) is 5.73. The summed E-state index contributed by atoms with van der Waals surface area (Å²) in [6.45, 7) is -0.932. The first-order valence-electron chi connectivity index (χ1n) is 9.44. The van der Waals surface area contributed by atoms with Crippen molar-refractivity contribution >= 4 is 29.3 Å².